The zero-order chi connectivity index (χ0) is 4.83. The maximum absolute atomic E-state index is 9.51. The van der Waals surface area contributed by atoms with Gasteiger partial charge in [0.1, 0.15) is 13.2 Å². The Morgan fingerprint density at radius 3 is 2.67 bits per heavy atom. The molecule has 0 saturated carbocycles. The monoisotopic (exact) mass is 88.1 g/mol. The van der Waals surface area contributed by atoms with Crippen molar-refractivity contribution in [2.75, 3.05) is 13.2 Å². The van der Waals surface area contributed by atoms with Crippen molar-refractivity contribution >= 4 is 0 Å². The van der Waals surface area contributed by atoms with Crippen LogP contribution in [0.15, 0.2) is 0 Å². The van der Waals surface area contributed by atoms with Gasteiger partial charge in [-0.15, -0.1) is 0 Å². The van der Waals surface area contributed by atoms with Crippen molar-refractivity contribution in [1.29, 1.82) is 0 Å². The van der Waals surface area contributed by atoms with Crippen LogP contribution in [0.25, 0.3) is 0 Å². The molecule has 0 bridgehead atoms. The molecule has 0 aliphatic heterocycles. The van der Waals surface area contributed by atoms with Gasteiger partial charge in [0.05, 0.1) is 0 Å². The molecular weight excluding hydrogens is 80.0 g/mol. The molecule has 2 heteroatoms. The molecule has 6 heavy (non-hydrogen) atoms. The van der Waals surface area contributed by atoms with Crippen molar-refractivity contribution in [2.24, 2.45) is 0 Å². The Hall–Kier alpha value is -0.0800. The Balaban J connectivity index is 2.34. The van der Waals surface area contributed by atoms with Crippen LogP contribution in [-0.2, 0) is 9.84 Å². The molecule has 0 atom stereocenters. The minimum atomic E-state index is -0.242. The molecular formula is C4H8O2. The van der Waals surface area contributed by atoms with Gasteiger partial charge < -0.3 is 4.74 Å². The molecule has 2 radical (unpaired) electrons. The summed E-state index contributed by atoms with van der Waals surface area (Å²) in [7, 11) is 0. The lowest BCUT2D eigenvalue weighted by Gasteiger charge is -1.88. The maximum Gasteiger partial charge on any atom is 0.112 e. The zero-order valence-corrected chi connectivity index (χ0v) is 3.81. The van der Waals surface area contributed by atoms with Crippen LogP contribution in [-0.4, -0.2) is 13.2 Å². The molecule has 36 valence electrons. The topological polar surface area (TPSA) is 29.1 Å². The van der Waals surface area contributed by atoms with E-state index >= 15 is 0 Å². The zero-order valence-electron chi connectivity index (χ0n) is 3.81. The van der Waals surface area contributed by atoms with E-state index in [0.717, 1.165) is 0 Å². The summed E-state index contributed by atoms with van der Waals surface area (Å²) in [5.74, 6) is 0. The standard InChI is InChI=1S/C4H8O2/c1-2-6-4-3-5/h4H,2-3H2,1H3. The van der Waals surface area contributed by atoms with Crippen LogP contribution in [0.4, 0.5) is 0 Å². The summed E-state index contributed by atoms with van der Waals surface area (Å²) in [6.45, 7) is 3.45. The lowest BCUT2D eigenvalue weighted by molar-refractivity contribution is 0.122. The second-order valence-corrected chi connectivity index (χ2v) is 0.789. The molecule has 0 N–H and O–H groups in total. The molecule has 0 saturated heterocycles. The third-order valence-corrected chi connectivity index (χ3v) is 0.353. The summed E-state index contributed by atoms with van der Waals surface area (Å²) in [4.78, 5) is 0. The fourth-order valence-corrected chi connectivity index (χ4v) is 0.166. The van der Waals surface area contributed by atoms with Crippen molar-refractivity contribution in [2.45, 2.75) is 6.92 Å². The van der Waals surface area contributed by atoms with Crippen LogP contribution >= 0.6 is 0 Å². The summed E-state index contributed by atoms with van der Waals surface area (Å²) < 4.78 is 4.55. The van der Waals surface area contributed by atoms with Gasteiger partial charge in [0.25, 0.3) is 0 Å². The Labute approximate surface area is 37.7 Å². The van der Waals surface area contributed by atoms with Crippen LogP contribution in [0.3, 0.4) is 0 Å². The van der Waals surface area contributed by atoms with E-state index in [9.17, 15) is 5.11 Å². The normalized spacial score (nSPS) is 9.00. The summed E-state index contributed by atoms with van der Waals surface area (Å²) in [6, 6.07) is 0. The first-order chi connectivity index (χ1) is 2.91. The molecule has 0 rings (SSSR count). The highest BCUT2D eigenvalue weighted by Gasteiger charge is 1.77. The molecule has 0 amide bonds. The molecule has 0 aromatic rings. The molecule has 0 aliphatic carbocycles. The predicted octanol–water partition coefficient (Wildman–Crippen LogP) is 0.615. The lowest BCUT2D eigenvalue weighted by Crippen LogP contribution is -1.87. The highest BCUT2D eigenvalue weighted by molar-refractivity contribution is 4.39. The highest BCUT2D eigenvalue weighted by Crippen LogP contribution is 1.74. The fraction of sp³-hybridized carbons (Fsp3) is 0.750. The van der Waals surface area contributed by atoms with Crippen LogP contribution in [0.5, 0.6) is 0 Å². The molecule has 0 aromatic heterocycles. The Kier molecular flexibility index (Phi) is 4.85. The average Bonchev–Trinajstić information content (AvgIpc) is 1.61. The summed E-state index contributed by atoms with van der Waals surface area (Å²) in [5, 5.41) is 9.51. The largest absolute Gasteiger partial charge is 0.373 e. The Bertz CT molecular complexity index is 17.5. The molecule has 2 nitrogen and oxygen atoms in total. The van der Waals surface area contributed by atoms with Crippen LogP contribution in [0.2, 0.25) is 0 Å². The number of rotatable bonds is 3. The van der Waals surface area contributed by atoms with Gasteiger partial charge in [0.2, 0.25) is 0 Å². The number of hydrogen-bond acceptors (Lipinski definition) is 1. The van der Waals surface area contributed by atoms with Gasteiger partial charge in [-0.05, 0) is 6.92 Å². The van der Waals surface area contributed by atoms with Gasteiger partial charge in [-0.3, -0.25) is 0 Å². The minimum absolute atomic E-state index is 0.242. The van der Waals surface area contributed by atoms with Crippen LogP contribution in [0, 0.1) is 6.61 Å². The summed E-state index contributed by atoms with van der Waals surface area (Å²) in [6.07, 6.45) is 0. The Morgan fingerprint density at radius 1 is 1.83 bits per heavy atom. The van der Waals surface area contributed by atoms with Crippen LogP contribution in [0.1, 0.15) is 6.92 Å². The van der Waals surface area contributed by atoms with E-state index in [1.807, 2.05) is 6.92 Å². The quantitative estimate of drug-likeness (QED) is 0.465. The third kappa shape index (κ3) is 3.92. The van der Waals surface area contributed by atoms with Crippen LogP contribution < -0.4 is 0 Å². The molecule has 0 spiro atoms. The lowest BCUT2D eigenvalue weighted by atomic mass is 10.8. The van der Waals surface area contributed by atoms with E-state index in [2.05, 4.69) is 4.74 Å². The van der Waals surface area contributed by atoms with Gasteiger partial charge >= 0.3 is 0 Å². The number of ether oxygens (including phenoxy) is 1. The van der Waals surface area contributed by atoms with Crippen molar-refractivity contribution in [3.63, 3.8) is 0 Å². The molecule has 0 aromatic carbocycles. The van der Waals surface area contributed by atoms with E-state index in [0.29, 0.717) is 6.61 Å². The summed E-state index contributed by atoms with van der Waals surface area (Å²) in [5.41, 5.74) is 0. The SMILES string of the molecule is CCO[CH]C[O]. The van der Waals surface area contributed by atoms with E-state index < -0.39 is 0 Å². The van der Waals surface area contributed by atoms with Crippen molar-refractivity contribution in [1.82, 2.24) is 0 Å². The second kappa shape index (κ2) is 4.92. The average molecular weight is 88.1 g/mol. The Morgan fingerprint density at radius 2 is 2.50 bits per heavy atom. The smallest absolute Gasteiger partial charge is 0.112 e. The third-order valence-electron chi connectivity index (χ3n) is 0.353. The molecule has 0 aliphatic rings. The molecule has 0 unspecified atom stereocenters. The highest BCUT2D eigenvalue weighted by atomic mass is 16.5. The second-order valence-electron chi connectivity index (χ2n) is 0.789. The molecule has 0 fully saturated rings. The van der Waals surface area contributed by atoms with Crippen molar-refractivity contribution in [3.8, 4) is 0 Å². The first-order valence-corrected chi connectivity index (χ1v) is 1.93. The first kappa shape index (κ1) is 5.92. The maximum atomic E-state index is 9.51. The first-order valence-electron chi connectivity index (χ1n) is 1.93. The predicted molar refractivity (Wildman–Crippen MR) is 21.5 cm³/mol. The van der Waals surface area contributed by atoms with E-state index in [4.69, 9.17) is 0 Å². The fourth-order valence-electron chi connectivity index (χ4n) is 0.166. The van der Waals surface area contributed by atoms with Gasteiger partial charge in [-0.25, -0.2) is 5.11 Å². The van der Waals surface area contributed by atoms with E-state index in [1.54, 1.807) is 0 Å². The van der Waals surface area contributed by atoms with E-state index in [1.165, 1.54) is 6.61 Å². The minimum Gasteiger partial charge on any atom is -0.373 e. The van der Waals surface area contributed by atoms with Crippen molar-refractivity contribution < 1.29 is 9.84 Å². The van der Waals surface area contributed by atoms with E-state index in [-0.39, 0.29) is 6.61 Å². The van der Waals surface area contributed by atoms with Gasteiger partial charge in [-0.1, -0.05) is 0 Å². The summed E-state index contributed by atoms with van der Waals surface area (Å²) >= 11 is 0. The number of hydrogen-bond donors (Lipinski definition) is 0. The van der Waals surface area contributed by atoms with Gasteiger partial charge in [0, 0.05) is 6.61 Å². The molecule has 0 heterocycles. The van der Waals surface area contributed by atoms with Crippen molar-refractivity contribution in [3.05, 3.63) is 6.61 Å². The van der Waals surface area contributed by atoms with Gasteiger partial charge in [0.15, 0.2) is 0 Å². The van der Waals surface area contributed by atoms with Gasteiger partial charge in [-0.2, -0.15) is 0 Å².